The Kier molecular flexibility index (Phi) is 3.89. The summed E-state index contributed by atoms with van der Waals surface area (Å²) in [6, 6.07) is 6.06. The fourth-order valence-corrected chi connectivity index (χ4v) is 2.45. The average Bonchev–Trinajstić information content (AvgIpc) is 2.78. The molecule has 17 heavy (non-hydrogen) atoms. The number of hydrogen-bond donors (Lipinski definition) is 2. The number of likely N-dealkylation sites (tertiary alicyclic amines) is 1. The number of benzene rings is 1. The van der Waals surface area contributed by atoms with Crippen molar-refractivity contribution < 1.29 is 0 Å². The van der Waals surface area contributed by atoms with Gasteiger partial charge in [-0.15, -0.1) is 0 Å². The molecule has 0 aromatic heterocycles. The quantitative estimate of drug-likeness (QED) is 0.784. The number of rotatable bonds is 4. The molecule has 1 aromatic carbocycles. The van der Waals surface area contributed by atoms with Gasteiger partial charge in [-0.2, -0.15) is 0 Å². The second-order valence-electron chi connectivity index (χ2n) is 5.00. The van der Waals surface area contributed by atoms with Crippen molar-refractivity contribution in [3.8, 4) is 0 Å². The Labute approximate surface area is 104 Å². The van der Waals surface area contributed by atoms with E-state index in [-0.39, 0.29) is 0 Å². The molecule has 1 unspecified atom stereocenters. The summed E-state index contributed by atoms with van der Waals surface area (Å²) in [5.41, 5.74) is 9.09. The first-order chi connectivity index (χ1) is 8.19. The van der Waals surface area contributed by atoms with E-state index in [1.54, 1.807) is 0 Å². The summed E-state index contributed by atoms with van der Waals surface area (Å²) < 4.78 is 0. The molecular weight excluding hydrogens is 210 g/mol. The van der Waals surface area contributed by atoms with E-state index in [2.05, 4.69) is 30.1 Å². The summed E-state index contributed by atoms with van der Waals surface area (Å²) in [6.45, 7) is 9.06. The van der Waals surface area contributed by atoms with Crippen molar-refractivity contribution in [2.45, 2.75) is 20.3 Å². The van der Waals surface area contributed by atoms with E-state index in [4.69, 9.17) is 5.73 Å². The van der Waals surface area contributed by atoms with Gasteiger partial charge in [-0.1, -0.05) is 13.0 Å². The van der Waals surface area contributed by atoms with E-state index in [0.29, 0.717) is 0 Å². The van der Waals surface area contributed by atoms with Crippen LogP contribution >= 0.6 is 0 Å². The van der Waals surface area contributed by atoms with Crippen LogP contribution in [0.1, 0.15) is 18.9 Å². The minimum absolute atomic E-state index is 0.774. The third kappa shape index (κ3) is 3.13. The topological polar surface area (TPSA) is 41.3 Å². The first-order valence-corrected chi connectivity index (χ1v) is 6.51. The zero-order chi connectivity index (χ0) is 12.3. The number of nitrogens with zero attached hydrogens (tertiary/aromatic N) is 1. The molecule has 2 rings (SSSR count). The number of anilines is 2. The molecule has 1 aliphatic heterocycles. The van der Waals surface area contributed by atoms with E-state index in [1.807, 2.05) is 12.1 Å². The van der Waals surface area contributed by atoms with Crippen LogP contribution in [0.4, 0.5) is 11.4 Å². The molecule has 0 aliphatic carbocycles. The van der Waals surface area contributed by atoms with Gasteiger partial charge < -0.3 is 16.0 Å². The lowest BCUT2D eigenvalue weighted by Crippen LogP contribution is -2.22. The van der Waals surface area contributed by atoms with Crippen LogP contribution in [0.3, 0.4) is 0 Å². The average molecular weight is 233 g/mol. The summed E-state index contributed by atoms with van der Waals surface area (Å²) in [5, 5.41) is 3.53. The van der Waals surface area contributed by atoms with E-state index in [0.717, 1.165) is 18.2 Å². The van der Waals surface area contributed by atoms with Gasteiger partial charge in [0.2, 0.25) is 0 Å². The van der Waals surface area contributed by atoms with Crippen molar-refractivity contribution >= 4 is 11.4 Å². The fraction of sp³-hybridized carbons (Fsp3) is 0.571. The maximum atomic E-state index is 5.81. The molecule has 0 amide bonds. The minimum Gasteiger partial charge on any atom is -0.399 e. The number of nitrogens with two attached hydrogens (primary N) is 1. The Hall–Kier alpha value is -1.22. The molecule has 1 atom stereocenters. The molecule has 3 nitrogen and oxygen atoms in total. The van der Waals surface area contributed by atoms with Crippen molar-refractivity contribution in [1.82, 2.24) is 4.90 Å². The molecule has 0 spiro atoms. The van der Waals surface area contributed by atoms with Gasteiger partial charge in [0.1, 0.15) is 0 Å². The zero-order valence-corrected chi connectivity index (χ0v) is 10.9. The molecule has 3 N–H and O–H groups in total. The molecule has 1 saturated heterocycles. The largest absolute Gasteiger partial charge is 0.399 e. The van der Waals surface area contributed by atoms with Gasteiger partial charge >= 0.3 is 0 Å². The van der Waals surface area contributed by atoms with E-state index in [9.17, 15) is 0 Å². The first-order valence-electron chi connectivity index (χ1n) is 6.51. The molecule has 1 aliphatic rings. The molecule has 1 heterocycles. The Balaban J connectivity index is 1.88. The third-order valence-electron chi connectivity index (χ3n) is 3.66. The number of hydrogen-bond acceptors (Lipinski definition) is 3. The van der Waals surface area contributed by atoms with Crippen LogP contribution in [-0.2, 0) is 0 Å². The van der Waals surface area contributed by atoms with Crippen molar-refractivity contribution in [3.05, 3.63) is 23.8 Å². The van der Waals surface area contributed by atoms with Crippen LogP contribution in [0.25, 0.3) is 0 Å². The maximum Gasteiger partial charge on any atom is 0.0390 e. The normalized spacial score (nSPS) is 20.7. The van der Waals surface area contributed by atoms with E-state index < -0.39 is 0 Å². The first kappa shape index (κ1) is 12.2. The minimum atomic E-state index is 0.774. The van der Waals surface area contributed by atoms with Gasteiger partial charge in [0, 0.05) is 24.5 Å². The van der Waals surface area contributed by atoms with Crippen molar-refractivity contribution in [1.29, 1.82) is 0 Å². The fourth-order valence-electron chi connectivity index (χ4n) is 2.45. The predicted molar refractivity (Wildman–Crippen MR) is 74.3 cm³/mol. The zero-order valence-electron chi connectivity index (χ0n) is 10.9. The van der Waals surface area contributed by atoms with Crippen LogP contribution in [-0.4, -0.2) is 31.1 Å². The summed E-state index contributed by atoms with van der Waals surface area (Å²) >= 11 is 0. The second-order valence-corrected chi connectivity index (χ2v) is 5.00. The van der Waals surface area contributed by atoms with Crippen LogP contribution in [0.15, 0.2) is 18.2 Å². The highest BCUT2D eigenvalue weighted by Gasteiger charge is 2.20. The number of nitrogen functional groups attached to an aromatic ring is 1. The molecule has 3 heteroatoms. The van der Waals surface area contributed by atoms with Crippen LogP contribution in [0, 0.1) is 12.8 Å². The molecule has 0 bridgehead atoms. The Morgan fingerprint density at radius 1 is 1.47 bits per heavy atom. The van der Waals surface area contributed by atoms with Crippen molar-refractivity contribution in [2.24, 2.45) is 5.92 Å². The number of aryl methyl sites for hydroxylation is 1. The highest BCUT2D eigenvalue weighted by Crippen LogP contribution is 2.21. The lowest BCUT2D eigenvalue weighted by molar-refractivity contribution is 0.345. The number of nitrogens with one attached hydrogen (secondary N) is 1. The highest BCUT2D eigenvalue weighted by molar-refractivity contribution is 5.59. The van der Waals surface area contributed by atoms with Crippen LogP contribution in [0.5, 0.6) is 0 Å². The van der Waals surface area contributed by atoms with Crippen LogP contribution in [0.2, 0.25) is 0 Å². The Morgan fingerprint density at radius 2 is 2.29 bits per heavy atom. The summed E-state index contributed by atoms with van der Waals surface area (Å²) in [4.78, 5) is 2.51. The smallest absolute Gasteiger partial charge is 0.0390 e. The summed E-state index contributed by atoms with van der Waals surface area (Å²) in [6.07, 6.45) is 1.31. The van der Waals surface area contributed by atoms with Gasteiger partial charge in [0.25, 0.3) is 0 Å². The molecule has 94 valence electrons. The summed E-state index contributed by atoms with van der Waals surface area (Å²) in [5.74, 6) is 0.774. The van der Waals surface area contributed by atoms with Crippen molar-refractivity contribution in [3.63, 3.8) is 0 Å². The Bertz CT molecular complexity index is 376. The maximum absolute atomic E-state index is 5.81. The second kappa shape index (κ2) is 5.41. The highest BCUT2D eigenvalue weighted by atomic mass is 15.1. The van der Waals surface area contributed by atoms with Crippen LogP contribution < -0.4 is 11.1 Å². The molecule has 0 radical (unpaired) electrons. The lowest BCUT2D eigenvalue weighted by Gasteiger charge is -2.15. The Morgan fingerprint density at radius 3 is 3.00 bits per heavy atom. The van der Waals surface area contributed by atoms with Gasteiger partial charge in [0.15, 0.2) is 0 Å². The van der Waals surface area contributed by atoms with Gasteiger partial charge in [-0.25, -0.2) is 0 Å². The third-order valence-corrected chi connectivity index (χ3v) is 3.66. The van der Waals surface area contributed by atoms with Gasteiger partial charge in [-0.05, 0) is 50.0 Å². The standard InChI is InChI=1S/C14H23N3/c1-3-17-7-6-12(10-17)9-16-14-8-13(15)5-4-11(14)2/h4-5,8,12,16H,3,6-7,9-10,15H2,1-2H3. The van der Waals surface area contributed by atoms with Crippen molar-refractivity contribution in [2.75, 3.05) is 37.2 Å². The van der Waals surface area contributed by atoms with Gasteiger partial charge in [0.05, 0.1) is 0 Å². The van der Waals surface area contributed by atoms with E-state index in [1.165, 1.54) is 37.3 Å². The molecule has 1 fully saturated rings. The SMILES string of the molecule is CCN1CCC(CNc2cc(N)ccc2C)C1. The summed E-state index contributed by atoms with van der Waals surface area (Å²) in [7, 11) is 0. The van der Waals surface area contributed by atoms with E-state index >= 15 is 0 Å². The molecular formula is C14H23N3. The van der Waals surface area contributed by atoms with Gasteiger partial charge in [-0.3, -0.25) is 0 Å². The lowest BCUT2D eigenvalue weighted by atomic mass is 10.1. The predicted octanol–water partition coefficient (Wildman–Crippen LogP) is 2.33. The molecule has 1 aromatic rings. The molecule has 0 saturated carbocycles. The monoisotopic (exact) mass is 233 g/mol.